The van der Waals surface area contributed by atoms with Crippen molar-refractivity contribution < 1.29 is 38.1 Å². The van der Waals surface area contributed by atoms with Gasteiger partial charge in [-0.3, -0.25) is 14.6 Å². The number of hydrogen-bond donors (Lipinski definition) is 1. The molecule has 3 heterocycles. The SMILES string of the molecule is COc1c(C)c(OC)c(OC(C)=O)c2c1C[C@H]1[C@H]3C[C@@H](CO[Si](c4ccccc4)(c4ccccc4)C(C)(C)C)[C@@H]([C@H](C#N)N1[C@H]2CO)N3C(=O)OCc1ccccc1. The maximum Gasteiger partial charge on any atom is 0.410 e. The Morgan fingerprint density at radius 3 is 1.98 bits per heavy atom. The van der Waals surface area contributed by atoms with E-state index in [1.807, 2.05) is 78.6 Å². The predicted molar refractivity (Wildman–Crippen MR) is 222 cm³/mol. The Hall–Kier alpha value is -5.19. The number of benzene rings is 4. The van der Waals surface area contributed by atoms with Crippen molar-refractivity contribution in [3.8, 4) is 23.3 Å². The predicted octanol–water partition coefficient (Wildman–Crippen LogP) is 6.08. The third-order valence-corrected chi connectivity index (χ3v) is 17.3. The molecule has 0 aromatic heterocycles. The van der Waals surface area contributed by atoms with E-state index in [2.05, 4.69) is 51.1 Å². The number of esters is 1. The van der Waals surface area contributed by atoms with Gasteiger partial charge in [0, 0.05) is 42.2 Å². The van der Waals surface area contributed by atoms with E-state index in [0.29, 0.717) is 35.5 Å². The molecule has 3 aliphatic rings. The first-order chi connectivity index (χ1) is 27.9. The van der Waals surface area contributed by atoms with Crippen LogP contribution in [-0.4, -0.2) is 86.9 Å². The standard InChI is InChI=1S/C46H53N3O8Si/c1-29-42(53-6)35-24-37-36-23-32(28-56-58(46(3,4)5,33-19-13-9-14-20-33)34-21-15-10-16-22-34)41(49(36)45(52)55-27-31-17-11-8-12-18-31)38(25-47)48(37)39(26-50)40(35)44(43(29)54-7)57-30(2)51/h8-22,32,36-39,41,50H,23-24,26-28H2,1-7H3/t32-,36+,37-,38-,39-,41-/m0/s1. The summed E-state index contributed by atoms with van der Waals surface area (Å²) < 4.78 is 31.3. The minimum atomic E-state index is -3.01. The van der Waals surface area contributed by atoms with Crippen molar-refractivity contribution in [1.82, 2.24) is 9.80 Å². The fourth-order valence-corrected chi connectivity index (χ4v) is 14.7. The lowest BCUT2D eigenvalue weighted by molar-refractivity contribution is -0.132. The lowest BCUT2D eigenvalue weighted by atomic mass is 9.80. The van der Waals surface area contributed by atoms with E-state index in [1.54, 1.807) is 12.0 Å². The van der Waals surface area contributed by atoms with Crippen molar-refractivity contribution in [2.24, 2.45) is 5.92 Å². The van der Waals surface area contributed by atoms with Gasteiger partial charge < -0.3 is 28.5 Å². The number of methoxy groups -OCH3 is 2. The van der Waals surface area contributed by atoms with Crippen LogP contribution >= 0.6 is 0 Å². The molecule has 2 fully saturated rings. The van der Waals surface area contributed by atoms with Gasteiger partial charge in [0.25, 0.3) is 8.32 Å². The molecule has 0 spiro atoms. The third kappa shape index (κ3) is 6.94. The van der Waals surface area contributed by atoms with Gasteiger partial charge in [-0.2, -0.15) is 5.26 Å². The van der Waals surface area contributed by atoms with E-state index >= 15 is 0 Å². The van der Waals surface area contributed by atoms with Crippen molar-refractivity contribution in [2.75, 3.05) is 27.4 Å². The average molecular weight is 804 g/mol. The van der Waals surface area contributed by atoms with Gasteiger partial charge >= 0.3 is 12.1 Å². The summed E-state index contributed by atoms with van der Waals surface area (Å²) in [7, 11) is 0.0541. The maximum absolute atomic E-state index is 14.5. The molecule has 2 bridgehead atoms. The molecule has 4 aromatic rings. The molecule has 6 atom stereocenters. The summed E-state index contributed by atoms with van der Waals surface area (Å²) in [6.45, 7) is 9.79. The van der Waals surface area contributed by atoms with E-state index in [9.17, 15) is 20.0 Å². The van der Waals surface area contributed by atoms with Crippen LogP contribution in [0.5, 0.6) is 17.2 Å². The highest BCUT2D eigenvalue weighted by atomic mass is 28.4. The van der Waals surface area contributed by atoms with Gasteiger partial charge in [0.1, 0.15) is 18.4 Å². The van der Waals surface area contributed by atoms with Gasteiger partial charge in [0.2, 0.25) is 0 Å². The Morgan fingerprint density at radius 2 is 1.47 bits per heavy atom. The Bertz CT molecular complexity index is 2120. The molecule has 1 amide bonds. The molecule has 4 aromatic carbocycles. The zero-order valence-electron chi connectivity index (χ0n) is 34.3. The number of piperazine rings is 1. The summed E-state index contributed by atoms with van der Waals surface area (Å²) in [4.78, 5) is 31.0. The monoisotopic (exact) mass is 803 g/mol. The van der Waals surface area contributed by atoms with Crippen LogP contribution < -0.4 is 24.6 Å². The van der Waals surface area contributed by atoms with Gasteiger partial charge in [-0.15, -0.1) is 0 Å². The van der Waals surface area contributed by atoms with Crippen LogP contribution in [0.2, 0.25) is 5.04 Å². The smallest absolute Gasteiger partial charge is 0.410 e. The molecular formula is C46H53N3O8Si. The molecule has 12 heteroatoms. The van der Waals surface area contributed by atoms with Crippen molar-refractivity contribution >= 4 is 30.8 Å². The van der Waals surface area contributed by atoms with Crippen LogP contribution in [-0.2, 0) is 27.0 Å². The zero-order valence-corrected chi connectivity index (χ0v) is 35.3. The summed E-state index contributed by atoms with van der Waals surface area (Å²) in [5.41, 5.74) is 2.76. The molecule has 7 rings (SSSR count). The van der Waals surface area contributed by atoms with Gasteiger partial charge in [-0.25, -0.2) is 4.79 Å². The van der Waals surface area contributed by atoms with Crippen LogP contribution in [0.1, 0.15) is 62.4 Å². The van der Waals surface area contributed by atoms with Gasteiger partial charge in [-0.05, 0) is 40.7 Å². The number of ether oxygens (including phenoxy) is 4. The second kappa shape index (κ2) is 16.6. The van der Waals surface area contributed by atoms with E-state index < -0.39 is 57.2 Å². The van der Waals surface area contributed by atoms with Gasteiger partial charge in [0.05, 0.1) is 45.0 Å². The molecule has 0 unspecified atom stereocenters. The van der Waals surface area contributed by atoms with Gasteiger partial charge in [-0.1, -0.05) is 112 Å². The van der Waals surface area contributed by atoms with Gasteiger partial charge in [0.15, 0.2) is 11.5 Å². The first kappa shape index (κ1) is 41.0. The number of aliphatic hydroxyl groups is 1. The number of nitrogens with zero attached hydrogens (tertiary/aromatic N) is 3. The summed E-state index contributed by atoms with van der Waals surface area (Å²) in [5.74, 6) is 0.228. The highest BCUT2D eigenvalue weighted by Gasteiger charge is 2.62. The first-order valence-corrected chi connectivity index (χ1v) is 21.8. The topological polar surface area (TPSA) is 131 Å². The molecular weight excluding hydrogens is 751 g/mol. The number of amides is 1. The van der Waals surface area contributed by atoms with E-state index in [0.717, 1.165) is 21.5 Å². The number of carbonyl (C=O) groups excluding carboxylic acids is 2. The molecule has 0 saturated carbocycles. The highest BCUT2D eigenvalue weighted by Crippen LogP contribution is 2.55. The first-order valence-electron chi connectivity index (χ1n) is 19.9. The Morgan fingerprint density at radius 1 is 0.879 bits per heavy atom. The number of carbonyl (C=O) groups is 2. The number of fused-ring (bicyclic) bond motifs is 5. The number of nitriles is 1. The fourth-order valence-electron chi connectivity index (χ4n) is 10.1. The maximum atomic E-state index is 14.5. The fraction of sp³-hybridized carbons (Fsp3) is 0.413. The number of hydrogen-bond acceptors (Lipinski definition) is 10. The van der Waals surface area contributed by atoms with E-state index in [4.69, 9.17) is 23.4 Å². The molecule has 0 aliphatic carbocycles. The Balaban J connectivity index is 1.36. The zero-order chi connectivity index (χ0) is 41.4. The summed E-state index contributed by atoms with van der Waals surface area (Å²) in [6.07, 6.45) is 0.371. The largest absolute Gasteiger partial charge is 0.496 e. The second-order valence-electron chi connectivity index (χ2n) is 16.5. The molecule has 2 saturated heterocycles. The van der Waals surface area contributed by atoms with Crippen LogP contribution in [0.4, 0.5) is 4.79 Å². The van der Waals surface area contributed by atoms with Crippen LogP contribution in [0.15, 0.2) is 91.0 Å². The van der Waals surface area contributed by atoms with E-state index in [-0.39, 0.29) is 29.9 Å². The molecule has 0 radical (unpaired) electrons. The quantitative estimate of drug-likeness (QED) is 0.108. The lowest BCUT2D eigenvalue weighted by Crippen LogP contribution is -2.69. The molecule has 1 N–H and O–H groups in total. The van der Waals surface area contributed by atoms with Crippen molar-refractivity contribution in [1.29, 1.82) is 5.26 Å². The number of rotatable bonds is 11. The van der Waals surface area contributed by atoms with Crippen LogP contribution in [0.3, 0.4) is 0 Å². The minimum Gasteiger partial charge on any atom is -0.496 e. The molecule has 11 nitrogen and oxygen atoms in total. The van der Waals surface area contributed by atoms with Crippen molar-refractivity contribution in [2.45, 2.75) is 89.3 Å². The van der Waals surface area contributed by atoms with Crippen LogP contribution in [0.25, 0.3) is 0 Å². The third-order valence-electron chi connectivity index (χ3n) is 12.3. The minimum absolute atomic E-state index is 0.0745. The lowest BCUT2D eigenvalue weighted by Gasteiger charge is -2.54. The highest BCUT2D eigenvalue weighted by molar-refractivity contribution is 6.99. The Labute approximate surface area is 342 Å². The second-order valence-corrected chi connectivity index (χ2v) is 20.8. The average Bonchev–Trinajstić information content (AvgIpc) is 3.53. The summed E-state index contributed by atoms with van der Waals surface area (Å²) >= 11 is 0. The Kier molecular flexibility index (Phi) is 11.7. The van der Waals surface area contributed by atoms with Crippen molar-refractivity contribution in [3.05, 3.63) is 113 Å². The number of aliphatic hydroxyl groups excluding tert-OH is 1. The summed E-state index contributed by atoms with van der Waals surface area (Å²) in [6, 6.07) is 29.7. The molecule has 304 valence electrons. The van der Waals surface area contributed by atoms with Crippen LogP contribution in [0, 0.1) is 24.2 Å². The molecule has 58 heavy (non-hydrogen) atoms. The molecule has 3 aliphatic heterocycles. The van der Waals surface area contributed by atoms with Crippen molar-refractivity contribution in [3.63, 3.8) is 0 Å². The normalized spacial score (nSPS) is 22.6. The van der Waals surface area contributed by atoms with E-state index in [1.165, 1.54) is 14.0 Å². The summed E-state index contributed by atoms with van der Waals surface area (Å²) in [5, 5.41) is 24.6.